The van der Waals surface area contributed by atoms with E-state index < -0.39 is 21.8 Å². The predicted octanol–water partition coefficient (Wildman–Crippen LogP) is 2.71. The van der Waals surface area contributed by atoms with Crippen LogP contribution in [0.5, 0.6) is 0 Å². The van der Waals surface area contributed by atoms with E-state index in [0.29, 0.717) is 11.4 Å². The van der Waals surface area contributed by atoms with Crippen molar-refractivity contribution in [3.8, 4) is 0 Å². The Morgan fingerprint density at radius 2 is 1.89 bits per heavy atom. The van der Waals surface area contributed by atoms with Gasteiger partial charge >= 0.3 is 0 Å². The van der Waals surface area contributed by atoms with E-state index in [9.17, 15) is 8.42 Å². The maximum Gasteiger partial charge on any atom is 0.242 e. The van der Waals surface area contributed by atoms with Gasteiger partial charge in [0, 0.05) is 5.02 Å². The number of ether oxygens (including phenoxy) is 1. The molecule has 0 aliphatic carbocycles. The van der Waals surface area contributed by atoms with Crippen molar-refractivity contribution in [3.05, 3.63) is 29.3 Å². The molecule has 2 atom stereocenters. The highest BCUT2D eigenvalue weighted by Gasteiger charge is 2.25. The lowest BCUT2D eigenvalue weighted by atomic mass is 10.2. The van der Waals surface area contributed by atoms with Crippen LogP contribution in [0, 0.1) is 0 Å². The molecule has 2 rings (SSSR count). The maximum atomic E-state index is 12.0. The van der Waals surface area contributed by atoms with Crippen LogP contribution in [0.15, 0.2) is 29.2 Å². The highest BCUT2D eigenvalue weighted by Crippen LogP contribution is 2.22. The number of hydrogen-bond donors (Lipinski definition) is 1. The summed E-state index contributed by atoms with van der Waals surface area (Å²) >= 11 is 11.5. The lowest BCUT2D eigenvalue weighted by Crippen LogP contribution is -2.40. The predicted molar refractivity (Wildman–Crippen MR) is 70.1 cm³/mol. The van der Waals surface area contributed by atoms with Crippen molar-refractivity contribution in [2.24, 2.45) is 0 Å². The average molecular weight is 310 g/mol. The van der Waals surface area contributed by atoms with Crippen molar-refractivity contribution in [2.45, 2.75) is 35.9 Å². The van der Waals surface area contributed by atoms with Gasteiger partial charge in [-0.2, -0.15) is 4.72 Å². The first kappa shape index (κ1) is 14.1. The first-order valence-corrected chi connectivity index (χ1v) is 7.84. The molecule has 0 amide bonds. The van der Waals surface area contributed by atoms with Crippen LogP contribution in [-0.2, 0) is 14.8 Å². The summed E-state index contributed by atoms with van der Waals surface area (Å²) in [4.78, 5) is 0.159. The summed E-state index contributed by atoms with van der Waals surface area (Å²) in [6.45, 7) is 0. The molecule has 1 aromatic rings. The van der Waals surface area contributed by atoms with Gasteiger partial charge in [0.25, 0.3) is 0 Å². The number of rotatable bonds is 3. The highest BCUT2D eigenvalue weighted by atomic mass is 35.5. The molecule has 100 valence electrons. The lowest BCUT2D eigenvalue weighted by Gasteiger charge is -2.26. The second kappa shape index (κ2) is 5.75. The summed E-state index contributed by atoms with van der Waals surface area (Å²) in [5, 5.41) is 0.490. The SMILES string of the molecule is O=S(=O)(NC1CCCC(Cl)O1)c1ccc(Cl)cc1. The normalized spacial score (nSPS) is 25.0. The summed E-state index contributed by atoms with van der Waals surface area (Å²) in [6.07, 6.45) is 1.63. The highest BCUT2D eigenvalue weighted by molar-refractivity contribution is 7.89. The summed E-state index contributed by atoms with van der Waals surface area (Å²) < 4.78 is 31.9. The molecule has 7 heteroatoms. The van der Waals surface area contributed by atoms with Crippen LogP contribution in [0.4, 0.5) is 0 Å². The number of nitrogens with one attached hydrogen (secondary N) is 1. The van der Waals surface area contributed by atoms with Gasteiger partial charge in [-0.1, -0.05) is 23.2 Å². The minimum absolute atomic E-state index is 0.159. The molecule has 1 saturated heterocycles. The van der Waals surface area contributed by atoms with E-state index in [-0.39, 0.29) is 4.90 Å². The Hall–Kier alpha value is -0.330. The van der Waals surface area contributed by atoms with Crippen LogP contribution < -0.4 is 4.72 Å². The Morgan fingerprint density at radius 1 is 1.22 bits per heavy atom. The molecule has 1 aromatic carbocycles. The molecule has 1 aliphatic heterocycles. The topological polar surface area (TPSA) is 55.4 Å². The third kappa shape index (κ3) is 3.59. The van der Waals surface area contributed by atoms with Gasteiger partial charge in [0.2, 0.25) is 10.0 Å². The smallest absolute Gasteiger partial charge is 0.242 e. The van der Waals surface area contributed by atoms with E-state index in [2.05, 4.69) is 4.72 Å². The molecule has 1 aliphatic rings. The van der Waals surface area contributed by atoms with E-state index in [1.807, 2.05) is 0 Å². The number of benzene rings is 1. The molecule has 2 unspecified atom stereocenters. The van der Waals surface area contributed by atoms with E-state index in [0.717, 1.165) is 12.8 Å². The molecule has 0 spiro atoms. The lowest BCUT2D eigenvalue weighted by molar-refractivity contribution is -0.0137. The number of halogens is 2. The van der Waals surface area contributed by atoms with Crippen molar-refractivity contribution >= 4 is 33.2 Å². The summed E-state index contributed by atoms with van der Waals surface area (Å²) in [7, 11) is -3.59. The largest absolute Gasteiger partial charge is 0.343 e. The Labute approximate surface area is 116 Å². The van der Waals surface area contributed by atoms with Crippen LogP contribution >= 0.6 is 23.2 Å². The summed E-state index contributed by atoms with van der Waals surface area (Å²) in [5.41, 5.74) is -0.434. The average Bonchev–Trinajstić information content (AvgIpc) is 2.29. The monoisotopic (exact) mass is 309 g/mol. The molecule has 4 nitrogen and oxygen atoms in total. The molecule has 0 bridgehead atoms. The third-order valence-corrected chi connectivity index (χ3v) is 4.66. The first-order chi connectivity index (χ1) is 8.47. The van der Waals surface area contributed by atoms with E-state index in [4.69, 9.17) is 27.9 Å². The first-order valence-electron chi connectivity index (χ1n) is 5.55. The zero-order valence-corrected chi connectivity index (χ0v) is 11.8. The minimum atomic E-state index is -3.59. The maximum absolute atomic E-state index is 12.0. The van der Waals surface area contributed by atoms with Crippen molar-refractivity contribution < 1.29 is 13.2 Å². The van der Waals surface area contributed by atoms with Gasteiger partial charge in [0.15, 0.2) is 0 Å². The molecule has 0 saturated carbocycles. The van der Waals surface area contributed by atoms with E-state index >= 15 is 0 Å². The molecule has 1 heterocycles. The van der Waals surface area contributed by atoms with Gasteiger partial charge in [0.05, 0.1) is 4.90 Å². The molecular weight excluding hydrogens is 297 g/mol. The zero-order valence-electron chi connectivity index (χ0n) is 9.47. The Bertz CT molecular complexity index is 504. The van der Waals surface area contributed by atoms with Crippen LogP contribution in [0.2, 0.25) is 5.02 Å². The molecule has 18 heavy (non-hydrogen) atoms. The fraction of sp³-hybridized carbons (Fsp3) is 0.455. The van der Waals surface area contributed by atoms with Crippen molar-refractivity contribution in [3.63, 3.8) is 0 Å². The zero-order chi connectivity index (χ0) is 13.2. The van der Waals surface area contributed by atoms with Crippen molar-refractivity contribution in [1.82, 2.24) is 4.72 Å². The van der Waals surface area contributed by atoms with Crippen molar-refractivity contribution in [1.29, 1.82) is 0 Å². The third-order valence-electron chi connectivity index (χ3n) is 2.62. The van der Waals surface area contributed by atoms with Crippen LogP contribution in [0.1, 0.15) is 19.3 Å². The van der Waals surface area contributed by atoms with Crippen molar-refractivity contribution in [2.75, 3.05) is 0 Å². The van der Waals surface area contributed by atoms with Gasteiger partial charge < -0.3 is 4.74 Å². The quantitative estimate of drug-likeness (QED) is 0.873. The number of alkyl halides is 1. The molecule has 0 aromatic heterocycles. The fourth-order valence-corrected chi connectivity index (χ4v) is 3.27. The van der Waals surface area contributed by atoms with E-state index in [1.54, 1.807) is 0 Å². The molecule has 0 radical (unpaired) electrons. The van der Waals surface area contributed by atoms with Gasteiger partial charge in [-0.15, -0.1) is 0 Å². The van der Waals surface area contributed by atoms with Crippen LogP contribution in [0.3, 0.4) is 0 Å². The molecule has 1 N–H and O–H groups in total. The van der Waals surface area contributed by atoms with Gasteiger partial charge in [-0.3, -0.25) is 0 Å². The van der Waals surface area contributed by atoms with Gasteiger partial charge in [0.1, 0.15) is 11.8 Å². The Kier molecular flexibility index (Phi) is 4.50. The number of sulfonamides is 1. The van der Waals surface area contributed by atoms with Gasteiger partial charge in [-0.25, -0.2) is 8.42 Å². The van der Waals surface area contributed by atoms with Crippen LogP contribution in [0.25, 0.3) is 0 Å². The van der Waals surface area contributed by atoms with Gasteiger partial charge in [-0.05, 0) is 43.5 Å². The summed E-state index contributed by atoms with van der Waals surface area (Å²) in [6, 6.07) is 5.96. The minimum Gasteiger partial charge on any atom is -0.343 e. The number of hydrogen-bond acceptors (Lipinski definition) is 3. The summed E-state index contributed by atoms with van der Waals surface area (Å²) in [5.74, 6) is 0. The fourth-order valence-electron chi connectivity index (χ4n) is 1.72. The molecule has 1 fully saturated rings. The standard InChI is InChI=1S/C11H13Cl2NO3S/c12-8-4-6-9(7-5-8)18(15,16)14-11-3-1-2-10(13)17-11/h4-7,10-11,14H,1-3H2. The molecular formula is C11H13Cl2NO3S. The Morgan fingerprint density at radius 3 is 2.50 bits per heavy atom. The second-order valence-electron chi connectivity index (χ2n) is 4.04. The van der Waals surface area contributed by atoms with E-state index in [1.165, 1.54) is 24.3 Å². The van der Waals surface area contributed by atoms with Crippen LogP contribution in [-0.4, -0.2) is 20.2 Å². The Balaban J connectivity index is 2.09. The second-order valence-corrected chi connectivity index (χ2v) is 6.68.